The van der Waals surface area contributed by atoms with E-state index < -0.39 is 0 Å². The van der Waals surface area contributed by atoms with Gasteiger partial charge in [0, 0.05) is 4.88 Å². The SMILES string of the molecule is Cc1nc(C)n(C[C@H](C)C(=O)Nc2nc3c(s2)C[C@H](C(C)(C)C)CC3)n1. The van der Waals surface area contributed by atoms with Crippen molar-refractivity contribution >= 4 is 22.4 Å². The maximum atomic E-state index is 12.6. The first kappa shape index (κ1) is 19.0. The lowest BCUT2D eigenvalue weighted by Gasteiger charge is -2.33. The molecule has 3 rings (SSSR count). The number of amides is 1. The Balaban J connectivity index is 1.63. The van der Waals surface area contributed by atoms with E-state index in [0.717, 1.165) is 29.6 Å². The summed E-state index contributed by atoms with van der Waals surface area (Å²) in [6.45, 7) is 13.1. The lowest BCUT2D eigenvalue weighted by molar-refractivity contribution is -0.119. The van der Waals surface area contributed by atoms with Gasteiger partial charge in [-0.15, -0.1) is 11.3 Å². The van der Waals surface area contributed by atoms with Crippen molar-refractivity contribution in [1.82, 2.24) is 19.7 Å². The highest BCUT2D eigenvalue weighted by Gasteiger charge is 2.31. The van der Waals surface area contributed by atoms with Gasteiger partial charge in [0.15, 0.2) is 5.13 Å². The second-order valence-electron chi connectivity index (χ2n) is 8.47. The van der Waals surface area contributed by atoms with Gasteiger partial charge in [-0.25, -0.2) is 14.6 Å². The molecule has 0 bridgehead atoms. The van der Waals surface area contributed by atoms with Crippen LogP contribution in [0.1, 0.15) is 56.3 Å². The van der Waals surface area contributed by atoms with E-state index in [1.807, 2.05) is 20.8 Å². The van der Waals surface area contributed by atoms with Gasteiger partial charge in [0.1, 0.15) is 11.6 Å². The Morgan fingerprint density at radius 2 is 2.08 bits per heavy atom. The van der Waals surface area contributed by atoms with Gasteiger partial charge < -0.3 is 5.32 Å². The van der Waals surface area contributed by atoms with Crippen molar-refractivity contribution in [3.8, 4) is 0 Å². The molecule has 6 nitrogen and oxygen atoms in total. The minimum Gasteiger partial charge on any atom is -0.302 e. The van der Waals surface area contributed by atoms with Crippen molar-refractivity contribution in [2.24, 2.45) is 17.3 Å². The van der Waals surface area contributed by atoms with Gasteiger partial charge in [0.05, 0.1) is 18.2 Å². The van der Waals surface area contributed by atoms with Gasteiger partial charge >= 0.3 is 0 Å². The highest BCUT2D eigenvalue weighted by atomic mass is 32.1. The van der Waals surface area contributed by atoms with Crippen molar-refractivity contribution in [3.05, 3.63) is 22.2 Å². The molecular formula is C19H29N5OS. The number of hydrogen-bond donors (Lipinski definition) is 1. The van der Waals surface area contributed by atoms with Crippen LogP contribution in [-0.2, 0) is 24.2 Å². The third kappa shape index (κ3) is 4.14. The van der Waals surface area contributed by atoms with E-state index >= 15 is 0 Å². The number of thiazole rings is 1. The number of anilines is 1. The number of rotatable bonds is 4. The number of nitrogens with zero attached hydrogens (tertiary/aromatic N) is 4. The summed E-state index contributed by atoms with van der Waals surface area (Å²) in [4.78, 5) is 22.9. The van der Waals surface area contributed by atoms with E-state index in [9.17, 15) is 4.79 Å². The van der Waals surface area contributed by atoms with Crippen molar-refractivity contribution in [1.29, 1.82) is 0 Å². The first-order valence-corrected chi connectivity index (χ1v) is 10.1. The van der Waals surface area contributed by atoms with E-state index in [1.54, 1.807) is 16.0 Å². The molecule has 1 aliphatic rings. The largest absolute Gasteiger partial charge is 0.302 e. The molecule has 1 N–H and O–H groups in total. The zero-order valence-electron chi connectivity index (χ0n) is 16.6. The summed E-state index contributed by atoms with van der Waals surface area (Å²) >= 11 is 1.64. The second kappa shape index (κ2) is 7.10. The second-order valence-corrected chi connectivity index (χ2v) is 9.56. The smallest absolute Gasteiger partial charge is 0.230 e. The van der Waals surface area contributed by atoms with E-state index in [-0.39, 0.29) is 11.8 Å². The molecule has 142 valence electrons. The standard InChI is InChI=1S/C19H29N5OS/c1-11(10-24-13(3)20-12(2)23-24)17(25)22-18-21-15-8-7-14(19(4,5)6)9-16(15)26-18/h11,14H,7-10H2,1-6H3,(H,21,22,25)/t11-,14+/m0/s1. The fourth-order valence-electron chi connectivity index (χ4n) is 3.47. The van der Waals surface area contributed by atoms with Gasteiger partial charge in [0.2, 0.25) is 5.91 Å². The Morgan fingerprint density at radius 1 is 1.35 bits per heavy atom. The average molecular weight is 376 g/mol. The predicted octanol–water partition coefficient (Wildman–Crippen LogP) is 3.78. The average Bonchev–Trinajstić information content (AvgIpc) is 3.07. The topological polar surface area (TPSA) is 72.7 Å². The number of fused-ring (bicyclic) bond motifs is 1. The van der Waals surface area contributed by atoms with Crippen LogP contribution in [0.2, 0.25) is 0 Å². The lowest BCUT2D eigenvalue weighted by Crippen LogP contribution is -2.26. The molecule has 2 heterocycles. The summed E-state index contributed by atoms with van der Waals surface area (Å²) in [6, 6.07) is 0. The van der Waals surface area contributed by atoms with Crippen LogP contribution in [0.4, 0.5) is 5.13 Å². The van der Waals surface area contributed by atoms with Crippen LogP contribution < -0.4 is 5.32 Å². The molecule has 0 saturated heterocycles. The molecule has 1 amide bonds. The molecule has 2 aromatic heterocycles. The minimum absolute atomic E-state index is 0.0176. The number of carbonyl (C=O) groups excluding carboxylic acids is 1. The molecule has 26 heavy (non-hydrogen) atoms. The Hall–Kier alpha value is -1.76. The van der Waals surface area contributed by atoms with Crippen LogP contribution in [0, 0.1) is 31.1 Å². The van der Waals surface area contributed by atoms with Gasteiger partial charge in [-0.1, -0.05) is 27.7 Å². The van der Waals surface area contributed by atoms with Crippen LogP contribution >= 0.6 is 11.3 Å². The first-order chi connectivity index (χ1) is 12.1. The molecule has 0 unspecified atom stereocenters. The first-order valence-electron chi connectivity index (χ1n) is 9.31. The van der Waals surface area contributed by atoms with Crippen molar-refractivity contribution in [3.63, 3.8) is 0 Å². The van der Waals surface area contributed by atoms with Gasteiger partial charge in [0.25, 0.3) is 0 Å². The Kier molecular flexibility index (Phi) is 5.19. The van der Waals surface area contributed by atoms with E-state index in [1.165, 1.54) is 17.0 Å². The summed E-state index contributed by atoms with van der Waals surface area (Å²) in [7, 11) is 0. The molecule has 0 spiro atoms. The lowest BCUT2D eigenvalue weighted by atomic mass is 9.73. The minimum atomic E-state index is -0.196. The normalized spacial score (nSPS) is 18.5. The summed E-state index contributed by atoms with van der Waals surface area (Å²) in [6.07, 6.45) is 3.25. The van der Waals surface area contributed by atoms with Gasteiger partial charge in [-0.05, 0) is 44.4 Å². The summed E-state index contributed by atoms with van der Waals surface area (Å²) in [5, 5.41) is 8.07. The molecule has 2 aromatic rings. The van der Waals surface area contributed by atoms with Crippen LogP contribution in [0.25, 0.3) is 0 Å². The summed E-state index contributed by atoms with van der Waals surface area (Å²) in [5.41, 5.74) is 1.48. The molecule has 2 atom stereocenters. The number of carbonyl (C=O) groups is 1. The molecule has 0 saturated carbocycles. The maximum Gasteiger partial charge on any atom is 0.230 e. The third-order valence-electron chi connectivity index (χ3n) is 5.25. The van der Waals surface area contributed by atoms with Crippen LogP contribution in [0.5, 0.6) is 0 Å². The molecule has 0 aromatic carbocycles. The third-order valence-corrected chi connectivity index (χ3v) is 6.29. The van der Waals surface area contributed by atoms with E-state index in [0.29, 0.717) is 17.9 Å². The van der Waals surface area contributed by atoms with Crippen LogP contribution in [-0.4, -0.2) is 25.7 Å². The molecule has 0 fully saturated rings. The molecule has 7 heteroatoms. The fraction of sp³-hybridized carbons (Fsp3) is 0.684. The molecular weight excluding hydrogens is 346 g/mol. The highest BCUT2D eigenvalue weighted by molar-refractivity contribution is 7.15. The quantitative estimate of drug-likeness (QED) is 0.883. The Labute approximate surface area is 159 Å². The highest BCUT2D eigenvalue weighted by Crippen LogP contribution is 2.40. The molecule has 1 aliphatic carbocycles. The Bertz CT molecular complexity index is 801. The molecule has 0 radical (unpaired) electrons. The number of hydrogen-bond acceptors (Lipinski definition) is 5. The van der Waals surface area contributed by atoms with E-state index in [4.69, 9.17) is 0 Å². The van der Waals surface area contributed by atoms with Crippen molar-refractivity contribution in [2.75, 3.05) is 5.32 Å². The number of nitrogens with one attached hydrogen (secondary N) is 1. The van der Waals surface area contributed by atoms with E-state index in [2.05, 4.69) is 41.2 Å². The monoisotopic (exact) mass is 375 g/mol. The zero-order chi connectivity index (χ0) is 19.1. The maximum absolute atomic E-state index is 12.6. The Morgan fingerprint density at radius 3 is 2.69 bits per heavy atom. The predicted molar refractivity (Wildman–Crippen MR) is 104 cm³/mol. The zero-order valence-corrected chi connectivity index (χ0v) is 17.4. The van der Waals surface area contributed by atoms with Crippen molar-refractivity contribution in [2.45, 2.75) is 67.3 Å². The van der Waals surface area contributed by atoms with Gasteiger partial charge in [-0.2, -0.15) is 5.10 Å². The number of aryl methyl sites for hydroxylation is 3. The van der Waals surface area contributed by atoms with Crippen molar-refractivity contribution < 1.29 is 4.79 Å². The van der Waals surface area contributed by atoms with Crippen LogP contribution in [0.3, 0.4) is 0 Å². The molecule has 0 aliphatic heterocycles. The number of aromatic nitrogens is 4. The van der Waals surface area contributed by atoms with Crippen LogP contribution in [0.15, 0.2) is 0 Å². The summed E-state index contributed by atoms with van der Waals surface area (Å²) < 4.78 is 1.79. The summed E-state index contributed by atoms with van der Waals surface area (Å²) in [5.74, 6) is 2.03. The fourth-order valence-corrected chi connectivity index (χ4v) is 4.56. The van der Waals surface area contributed by atoms with Gasteiger partial charge in [-0.3, -0.25) is 4.79 Å².